The van der Waals surface area contributed by atoms with Crippen molar-refractivity contribution in [3.8, 4) is 16.9 Å². The van der Waals surface area contributed by atoms with Gasteiger partial charge >= 0.3 is 0 Å². The van der Waals surface area contributed by atoms with Crippen molar-refractivity contribution in [2.75, 3.05) is 7.11 Å². The highest BCUT2D eigenvalue weighted by molar-refractivity contribution is 5.89. The summed E-state index contributed by atoms with van der Waals surface area (Å²) in [5.41, 5.74) is 3.53. The summed E-state index contributed by atoms with van der Waals surface area (Å²) in [6.07, 6.45) is 3.02. The average Bonchev–Trinajstić information content (AvgIpc) is 2.59. The second kappa shape index (κ2) is 6.69. The van der Waals surface area contributed by atoms with Crippen molar-refractivity contribution < 1.29 is 4.74 Å². The lowest BCUT2D eigenvalue weighted by atomic mass is 9.93. The molecule has 0 radical (unpaired) electrons. The van der Waals surface area contributed by atoms with E-state index in [-0.39, 0.29) is 5.56 Å². The smallest absolute Gasteiger partial charge is 0.256 e. The maximum atomic E-state index is 12.8. The standard InChI is InChI=1S/C20H21NO2/c1-3-4-9-15-14-10-5-7-12-17(14)21-20(22)19(15)16-11-6-8-13-18(16)23-2/h5-8,10-13H,3-4,9H2,1-2H3,(H,21,22). The molecule has 3 nitrogen and oxygen atoms in total. The summed E-state index contributed by atoms with van der Waals surface area (Å²) in [4.78, 5) is 15.8. The van der Waals surface area contributed by atoms with E-state index in [1.54, 1.807) is 7.11 Å². The van der Waals surface area contributed by atoms with E-state index in [1.165, 1.54) is 0 Å². The van der Waals surface area contributed by atoms with Gasteiger partial charge in [-0.15, -0.1) is 0 Å². The molecule has 1 heterocycles. The number of pyridine rings is 1. The number of nitrogens with one attached hydrogen (secondary N) is 1. The van der Waals surface area contributed by atoms with Gasteiger partial charge < -0.3 is 9.72 Å². The molecule has 3 rings (SSSR count). The van der Waals surface area contributed by atoms with Crippen molar-refractivity contribution in [1.29, 1.82) is 0 Å². The Morgan fingerprint density at radius 2 is 1.78 bits per heavy atom. The molecule has 3 aromatic rings. The van der Waals surface area contributed by atoms with Crippen molar-refractivity contribution in [2.24, 2.45) is 0 Å². The number of para-hydroxylation sites is 2. The van der Waals surface area contributed by atoms with E-state index in [0.717, 1.165) is 52.6 Å². The summed E-state index contributed by atoms with van der Waals surface area (Å²) in [5.74, 6) is 0.728. The lowest BCUT2D eigenvalue weighted by Crippen LogP contribution is -2.13. The van der Waals surface area contributed by atoms with E-state index in [1.807, 2.05) is 42.5 Å². The van der Waals surface area contributed by atoms with Gasteiger partial charge in [-0.1, -0.05) is 49.7 Å². The lowest BCUT2D eigenvalue weighted by Gasteiger charge is -2.14. The normalized spacial score (nSPS) is 10.9. The fraction of sp³-hybridized carbons (Fsp3) is 0.250. The Morgan fingerprint density at radius 1 is 1.04 bits per heavy atom. The topological polar surface area (TPSA) is 42.1 Å². The Labute approximate surface area is 135 Å². The van der Waals surface area contributed by atoms with Crippen LogP contribution in [0.2, 0.25) is 0 Å². The van der Waals surface area contributed by atoms with Gasteiger partial charge in [0.25, 0.3) is 5.56 Å². The number of rotatable bonds is 5. The first-order valence-electron chi connectivity index (χ1n) is 8.03. The molecule has 0 aliphatic rings. The van der Waals surface area contributed by atoms with Crippen LogP contribution in [0, 0.1) is 0 Å². The first-order chi connectivity index (χ1) is 11.3. The van der Waals surface area contributed by atoms with Crippen molar-refractivity contribution in [3.05, 3.63) is 64.4 Å². The lowest BCUT2D eigenvalue weighted by molar-refractivity contribution is 0.416. The number of H-pyrrole nitrogens is 1. The quantitative estimate of drug-likeness (QED) is 0.751. The van der Waals surface area contributed by atoms with Gasteiger partial charge in [-0.05, 0) is 30.5 Å². The molecule has 0 atom stereocenters. The molecule has 23 heavy (non-hydrogen) atoms. The van der Waals surface area contributed by atoms with Crippen LogP contribution in [0.15, 0.2) is 53.3 Å². The number of aromatic amines is 1. The third-order valence-corrected chi connectivity index (χ3v) is 4.19. The zero-order valence-corrected chi connectivity index (χ0v) is 13.6. The molecule has 0 unspecified atom stereocenters. The molecule has 1 N–H and O–H groups in total. The van der Waals surface area contributed by atoms with Crippen LogP contribution in [-0.2, 0) is 6.42 Å². The minimum atomic E-state index is -0.0562. The van der Waals surface area contributed by atoms with Crippen molar-refractivity contribution in [1.82, 2.24) is 4.98 Å². The second-order valence-corrected chi connectivity index (χ2v) is 5.66. The Balaban J connectivity index is 2.34. The number of hydrogen-bond donors (Lipinski definition) is 1. The molecule has 0 saturated heterocycles. The monoisotopic (exact) mass is 307 g/mol. The molecule has 0 amide bonds. The van der Waals surface area contributed by atoms with Gasteiger partial charge in [0.15, 0.2) is 0 Å². The first kappa shape index (κ1) is 15.3. The third-order valence-electron chi connectivity index (χ3n) is 4.19. The SMILES string of the molecule is CCCCc1c(-c2ccccc2OC)c(=O)[nH]c2ccccc12. The summed E-state index contributed by atoms with van der Waals surface area (Å²) in [6, 6.07) is 15.7. The van der Waals surface area contributed by atoms with Crippen LogP contribution in [0.3, 0.4) is 0 Å². The summed E-state index contributed by atoms with van der Waals surface area (Å²) in [7, 11) is 1.64. The number of aryl methyl sites for hydroxylation is 1. The van der Waals surface area contributed by atoms with Gasteiger partial charge in [0, 0.05) is 16.5 Å². The Kier molecular flexibility index (Phi) is 4.47. The van der Waals surface area contributed by atoms with E-state index in [4.69, 9.17) is 4.74 Å². The fourth-order valence-corrected chi connectivity index (χ4v) is 3.06. The molecule has 118 valence electrons. The minimum Gasteiger partial charge on any atom is -0.496 e. The highest BCUT2D eigenvalue weighted by atomic mass is 16.5. The van der Waals surface area contributed by atoms with Crippen molar-refractivity contribution >= 4 is 10.9 Å². The van der Waals surface area contributed by atoms with Gasteiger partial charge in [0.05, 0.1) is 12.7 Å². The van der Waals surface area contributed by atoms with Crippen molar-refractivity contribution in [3.63, 3.8) is 0 Å². The van der Waals surface area contributed by atoms with Crippen LogP contribution in [0.5, 0.6) is 5.75 Å². The molecule has 0 bridgehead atoms. The maximum Gasteiger partial charge on any atom is 0.256 e. The van der Waals surface area contributed by atoms with E-state index in [2.05, 4.69) is 18.0 Å². The number of aromatic nitrogens is 1. The van der Waals surface area contributed by atoms with Crippen LogP contribution in [-0.4, -0.2) is 12.1 Å². The van der Waals surface area contributed by atoms with Crippen LogP contribution >= 0.6 is 0 Å². The predicted molar refractivity (Wildman–Crippen MR) is 95.2 cm³/mol. The third kappa shape index (κ3) is 2.87. The summed E-state index contributed by atoms with van der Waals surface area (Å²) in [5, 5.41) is 1.11. The molecule has 2 aromatic carbocycles. The van der Waals surface area contributed by atoms with Crippen LogP contribution in [0.1, 0.15) is 25.3 Å². The average molecular weight is 307 g/mol. The maximum absolute atomic E-state index is 12.8. The number of methoxy groups -OCH3 is 1. The van der Waals surface area contributed by atoms with E-state index < -0.39 is 0 Å². The van der Waals surface area contributed by atoms with Gasteiger partial charge in [-0.3, -0.25) is 4.79 Å². The largest absolute Gasteiger partial charge is 0.496 e. The zero-order chi connectivity index (χ0) is 16.2. The highest BCUT2D eigenvalue weighted by Gasteiger charge is 2.17. The van der Waals surface area contributed by atoms with E-state index in [9.17, 15) is 4.79 Å². The predicted octanol–water partition coefficient (Wildman–Crippen LogP) is 4.55. The molecule has 0 aliphatic carbocycles. The zero-order valence-electron chi connectivity index (χ0n) is 13.6. The van der Waals surface area contributed by atoms with Gasteiger partial charge in [-0.25, -0.2) is 0 Å². The number of unbranched alkanes of at least 4 members (excludes halogenated alkanes) is 1. The molecule has 3 heteroatoms. The van der Waals surface area contributed by atoms with Crippen molar-refractivity contribution in [2.45, 2.75) is 26.2 Å². The molecule has 0 aliphatic heterocycles. The van der Waals surface area contributed by atoms with Crippen LogP contribution in [0.4, 0.5) is 0 Å². The Hall–Kier alpha value is -2.55. The molecular formula is C20H21NO2. The highest BCUT2D eigenvalue weighted by Crippen LogP contribution is 2.33. The number of ether oxygens (including phenoxy) is 1. The second-order valence-electron chi connectivity index (χ2n) is 5.66. The van der Waals surface area contributed by atoms with Crippen LogP contribution < -0.4 is 10.3 Å². The summed E-state index contributed by atoms with van der Waals surface area (Å²) >= 11 is 0. The number of benzene rings is 2. The van der Waals surface area contributed by atoms with E-state index in [0.29, 0.717) is 0 Å². The number of hydrogen-bond acceptors (Lipinski definition) is 2. The Bertz CT molecular complexity index is 880. The summed E-state index contributed by atoms with van der Waals surface area (Å²) in [6.45, 7) is 2.16. The molecule has 0 spiro atoms. The first-order valence-corrected chi connectivity index (χ1v) is 8.03. The molecule has 1 aromatic heterocycles. The molecule has 0 saturated carbocycles. The fourth-order valence-electron chi connectivity index (χ4n) is 3.06. The van der Waals surface area contributed by atoms with Gasteiger partial charge in [0.1, 0.15) is 5.75 Å². The summed E-state index contributed by atoms with van der Waals surface area (Å²) < 4.78 is 5.47. The Morgan fingerprint density at radius 3 is 2.57 bits per heavy atom. The van der Waals surface area contributed by atoms with Crippen LogP contribution in [0.25, 0.3) is 22.0 Å². The molecule has 0 fully saturated rings. The molecular weight excluding hydrogens is 286 g/mol. The van der Waals surface area contributed by atoms with E-state index >= 15 is 0 Å². The van der Waals surface area contributed by atoms with Gasteiger partial charge in [0.2, 0.25) is 0 Å². The minimum absolute atomic E-state index is 0.0562. The van der Waals surface area contributed by atoms with Gasteiger partial charge in [-0.2, -0.15) is 0 Å². The number of fused-ring (bicyclic) bond motifs is 1.